The van der Waals surface area contributed by atoms with Crippen LogP contribution in [0.3, 0.4) is 0 Å². The number of ether oxygens (including phenoxy) is 1. The highest BCUT2D eigenvalue weighted by atomic mass is 35.5. The van der Waals surface area contributed by atoms with Crippen LogP contribution in [-0.2, 0) is 21.0 Å². The molecule has 2 aromatic heterocycles. The second-order valence-corrected chi connectivity index (χ2v) is 12.7. The highest BCUT2D eigenvalue weighted by molar-refractivity contribution is 7.92. The van der Waals surface area contributed by atoms with Crippen LogP contribution in [0.15, 0.2) is 59.6 Å². The van der Waals surface area contributed by atoms with Gasteiger partial charge in [-0.05, 0) is 44.2 Å². The van der Waals surface area contributed by atoms with Crippen LogP contribution in [0.2, 0.25) is 5.02 Å². The Morgan fingerprint density at radius 2 is 1.86 bits per heavy atom. The number of carbonyl (C=O) groups excluding carboxylic acids is 1. The lowest BCUT2D eigenvalue weighted by molar-refractivity contribution is -0.00547. The number of pyridine rings is 2. The maximum Gasteiger partial charge on any atom is 0.323 e. The van der Waals surface area contributed by atoms with Gasteiger partial charge in [-0.1, -0.05) is 17.7 Å². The van der Waals surface area contributed by atoms with Gasteiger partial charge in [0.25, 0.3) is 5.91 Å². The lowest BCUT2D eigenvalue weighted by atomic mass is 10.0. The summed E-state index contributed by atoms with van der Waals surface area (Å²) in [5, 5.41) is 3.01. The third-order valence-electron chi connectivity index (χ3n) is 6.85. The van der Waals surface area contributed by atoms with Gasteiger partial charge >= 0.3 is 5.76 Å². The van der Waals surface area contributed by atoms with Crippen LogP contribution >= 0.6 is 11.6 Å². The first-order valence-corrected chi connectivity index (χ1v) is 15.1. The number of amides is 1. The Balaban J connectivity index is 1.40. The number of aromatic nitrogens is 2. The molecule has 1 saturated heterocycles. The van der Waals surface area contributed by atoms with Crippen LogP contribution in [0.5, 0.6) is 0 Å². The molecule has 2 N–H and O–H groups in total. The molecule has 8 nitrogen and oxygen atoms in total. The van der Waals surface area contributed by atoms with Gasteiger partial charge < -0.3 is 15.0 Å². The summed E-state index contributed by atoms with van der Waals surface area (Å²) in [7, 11) is -4.48. The highest BCUT2D eigenvalue weighted by Gasteiger charge is 2.26. The van der Waals surface area contributed by atoms with Gasteiger partial charge in [0, 0.05) is 58.3 Å². The summed E-state index contributed by atoms with van der Waals surface area (Å²) < 4.78 is 82.1. The lowest BCUT2D eigenvalue weighted by Gasteiger charge is -2.36. The van der Waals surface area contributed by atoms with Crippen LogP contribution in [-0.4, -0.2) is 51.1 Å². The minimum Gasteiger partial charge on any atom is -0.372 e. The smallest absolute Gasteiger partial charge is 0.323 e. The van der Waals surface area contributed by atoms with Crippen LogP contribution in [0.25, 0.3) is 22.0 Å². The van der Waals surface area contributed by atoms with Gasteiger partial charge in [-0.3, -0.25) is 9.78 Å². The van der Waals surface area contributed by atoms with Crippen molar-refractivity contribution in [3.63, 3.8) is 0 Å². The molecule has 0 saturated carbocycles. The molecule has 2 aromatic carbocycles. The molecule has 14 heteroatoms. The van der Waals surface area contributed by atoms with Crippen molar-refractivity contribution in [3.8, 4) is 11.3 Å². The average molecular weight is 636 g/mol. The van der Waals surface area contributed by atoms with Crippen molar-refractivity contribution in [2.45, 2.75) is 43.3 Å². The number of carbonyl (C=O) groups is 1. The number of rotatable bonds is 7. The number of halogens is 5. The summed E-state index contributed by atoms with van der Waals surface area (Å²) in [5.41, 5.74) is 0.266. The first kappa shape index (κ1) is 30.6. The van der Waals surface area contributed by atoms with Crippen molar-refractivity contribution < 1.29 is 31.3 Å². The number of anilines is 1. The molecular formula is C29H26ClF4N5O3S. The van der Waals surface area contributed by atoms with Crippen molar-refractivity contribution in [2.24, 2.45) is 0 Å². The van der Waals surface area contributed by atoms with Gasteiger partial charge in [0.2, 0.25) is 0 Å². The highest BCUT2D eigenvalue weighted by Crippen LogP contribution is 2.31. The molecule has 3 heterocycles. The first-order chi connectivity index (χ1) is 20.3. The second-order valence-electron chi connectivity index (χ2n) is 10.2. The number of fused-ring (bicyclic) bond motifs is 1. The summed E-state index contributed by atoms with van der Waals surface area (Å²) in [6.45, 7) is 4.66. The molecule has 43 heavy (non-hydrogen) atoms. The largest absolute Gasteiger partial charge is 0.372 e. The molecule has 226 valence electrons. The zero-order valence-corrected chi connectivity index (χ0v) is 24.5. The Labute approximate surface area is 250 Å². The van der Waals surface area contributed by atoms with Gasteiger partial charge in [-0.25, -0.2) is 22.8 Å². The van der Waals surface area contributed by atoms with Crippen molar-refractivity contribution in [1.29, 1.82) is 4.78 Å². The summed E-state index contributed by atoms with van der Waals surface area (Å²) >= 11 is 5.92. The Morgan fingerprint density at radius 1 is 1.14 bits per heavy atom. The third kappa shape index (κ3) is 6.58. The second kappa shape index (κ2) is 12.1. The fourth-order valence-electron chi connectivity index (χ4n) is 4.91. The number of alkyl halides is 2. The Hall–Kier alpha value is -3.81. The number of benzene rings is 2. The van der Waals surface area contributed by atoms with Gasteiger partial charge in [0.05, 0.1) is 35.0 Å². The number of hydrogen-bond acceptors (Lipinski definition) is 7. The number of nitrogens with one attached hydrogen (secondary N) is 2. The number of morpholine rings is 1. The van der Waals surface area contributed by atoms with Crippen LogP contribution in [0.1, 0.15) is 29.9 Å². The Bertz CT molecular complexity index is 1820. The summed E-state index contributed by atoms with van der Waals surface area (Å²) in [4.78, 5) is 22.9. The van der Waals surface area contributed by atoms with E-state index in [2.05, 4.69) is 15.3 Å². The Morgan fingerprint density at radius 3 is 2.56 bits per heavy atom. The van der Waals surface area contributed by atoms with Crippen molar-refractivity contribution in [1.82, 2.24) is 15.3 Å². The van der Waals surface area contributed by atoms with Crippen molar-refractivity contribution in [2.75, 3.05) is 18.0 Å². The maximum absolute atomic E-state index is 15.9. The number of hydrogen-bond donors (Lipinski definition) is 2. The van der Waals surface area contributed by atoms with E-state index in [9.17, 15) is 22.2 Å². The number of nitrogens with zero attached hydrogens (tertiary/aromatic N) is 3. The fourth-order valence-corrected chi connectivity index (χ4v) is 6.02. The summed E-state index contributed by atoms with van der Waals surface area (Å²) in [6, 6.07) is 10.1. The van der Waals surface area contributed by atoms with E-state index in [0.717, 1.165) is 18.2 Å². The minimum atomic E-state index is -4.48. The van der Waals surface area contributed by atoms with E-state index in [-0.39, 0.29) is 51.7 Å². The molecule has 1 aliphatic heterocycles. The monoisotopic (exact) mass is 635 g/mol. The minimum absolute atomic E-state index is 0.0771. The normalized spacial score (nSPS) is 18.6. The molecular weight excluding hydrogens is 610 g/mol. The standard InChI is InChI=1S/C29H26ClF4N5O3S/c1-15-13-39(14-16(2)42-15)26-9-20(31)8-25(38-26)23-4-3-17-11-36-21(10-24(17)27(23)32)12-37-28(40)18-5-19(30)7-22(6-18)43(35,41)29(33)34/h3-11,15-16,29,35H,12-14H2,1-2H3,(H,37,40)/t15-,16+,43?. The predicted molar refractivity (Wildman–Crippen MR) is 155 cm³/mol. The topological polar surface area (TPSA) is 108 Å². The quantitative estimate of drug-likeness (QED) is 0.228. The molecule has 5 rings (SSSR count). The third-order valence-corrected chi connectivity index (χ3v) is 8.51. The molecule has 1 fully saturated rings. The van der Waals surface area contributed by atoms with E-state index in [4.69, 9.17) is 21.1 Å². The van der Waals surface area contributed by atoms with E-state index < -0.39 is 37.9 Å². The SMILES string of the molecule is C[C@@H]1CN(c2cc(F)cc(-c3ccc4cnc(CNC(=O)c5cc(Cl)cc(S(=N)(=O)C(F)F)c5)cc4c3F)n2)C[C@H](C)O1. The average Bonchev–Trinajstić information content (AvgIpc) is 2.95. The lowest BCUT2D eigenvalue weighted by Crippen LogP contribution is -2.45. The molecule has 1 unspecified atom stereocenters. The molecule has 4 aromatic rings. The first-order valence-electron chi connectivity index (χ1n) is 13.1. The summed E-state index contributed by atoms with van der Waals surface area (Å²) in [6.07, 6.45) is 1.25. The van der Waals surface area contributed by atoms with Crippen LogP contribution in [0.4, 0.5) is 23.4 Å². The van der Waals surface area contributed by atoms with Gasteiger partial charge in [0.1, 0.15) is 27.2 Å². The van der Waals surface area contributed by atoms with E-state index in [1.54, 1.807) is 6.07 Å². The predicted octanol–water partition coefficient (Wildman–Crippen LogP) is 6.40. The molecule has 0 aliphatic carbocycles. The fraction of sp³-hybridized carbons (Fsp3) is 0.276. The maximum atomic E-state index is 15.9. The molecule has 1 aliphatic rings. The van der Waals surface area contributed by atoms with E-state index in [0.29, 0.717) is 24.3 Å². The molecule has 3 atom stereocenters. The zero-order valence-electron chi connectivity index (χ0n) is 22.9. The molecule has 0 radical (unpaired) electrons. The molecule has 0 spiro atoms. The van der Waals surface area contributed by atoms with Crippen LogP contribution in [0, 0.1) is 16.4 Å². The van der Waals surface area contributed by atoms with Crippen molar-refractivity contribution >= 4 is 43.8 Å². The van der Waals surface area contributed by atoms with Gasteiger partial charge in [0.15, 0.2) is 0 Å². The zero-order chi connectivity index (χ0) is 31.1. The van der Waals surface area contributed by atoms with Crippen LogP contribution < -0.4 is 10.2 Å². The van der Waals surface area contributed by atoms with E-state index in [1.807, 2.05) is 18.7 Å². The van der Waals surface area contributed by atoms with Gasteiger partial charge in [-0.2, -0.15) is 8.78 Å². The van der Waals surface area contributed by atoms with Crippen molar-refractivity contribution in [3.05, 3.63) is 82.6 Å². The van der Waals surface area contributed by atoms with Gasteiger partial charge in [-0.15, -0.1) is 0 Å². The molecule has 1 amide bonds. The van der Waals surface area contributed by atoms with E-state index in [1.165, 1.54) is 30.5 Å². The molecule has 0 bridgehead atoms. The van der Waals surface area contributed by atoms with E-state index >= 15 is 4.39 Å². The summed E-state index contributed by atoms with van der Waals surface area (Å²) in [5.74, 6) is -5.08. The Kier molecular flexibility index (Phi) is 8.59.